The van der Waals surface area contributed by atoms with Gasteiger partial charge in [-0.05, 0) is 44.9 Å². The highest BCUT2D eigenvalue weighted by Gasteiger charge is 2.39. The smallest absolute Gasteiger partial charge is 0.231 e. The van der Waals surface area contributed by atoms with E-state index in [4.69, 9.17) is 23.8 Å². The van der Waals surface area contributed by atoms with Crippen LogP contribution in [0.15, 0.2) is 23.4 Å². The average Bonchev–Trinajstić information content (AvgIpc) is 3.25. The molecule has 2 atom stereocenters. The summed E-state index contributed by atoms with van der Waals surface area (Å²) in [6, 6.07) is 6.29. The van der Waals surface area contributed by atoms with Gasteiger partial charge in [0.1, 0.15) is 6.10 Å². The SMILES string of the molecule is COc1c(C2C(c3c(C)cc(C)cc3C)=NOC2C)cc2c(c1OC)OCO2. The summed E-state index contributed by atoms with van der Waals surface area (Å²) < 4.78 is 22.6. The number of hydrogen-bond acceptors (Lipinski definition) is 6. The van der Waals surface area contributed by atoms with Crippen LogP contribution in [-0.4, -0.2) is 32.8 Å². The summed E-state index contributed by atoms with van der Waals surface area (Å²) >= 11 is 0. The van der Waals surface area contributed by atoms with Gasteiger partial charge in [-0.2, -0.15) is 0 Å². The standard InChI is InChI=1S/C22H25NO5/c1-11-7-12(2)17(13(3)8-11)19-18(14(4)28-23-19)15-9-16-21(27-10-26-16)22(25-6)20(15)24-5/h7-9,14,18H,10H2,1-6H3. The van der Waals surface area contributed by atoms with Gasteiger partial charge < -0.3 is 23.8 Å². The van der Waals surface area contributed by atoms with Gasteiger partial charge in [-0.25, -0.2) is 0 Å². The molecule has 2 unspecified atom stereocenters. The van der Waals surface area contributed by atoms with Crippen LogP contribution in [0, 0.1) is 20.8 Å². The maximum Gasteiger partial charge on any atom is 0.231 e. The van der Waals surface area contributed by atoms with Crippen LogP contribution < -0.4 is 18.9 Å². The molecular weight excluding hydrogens is 358 g/mol. The molecule has 2 aromatic rings. The Morgan fingerprint density at radius 1 is 0.964 bits per heavy atom. The zero-order chi connectivity index (χ0) is 20.0. The first kappa shape index (κ1) is 18.5. The molecule has 2 aromatic carbocycles. The number of benzene rings is 2. The van der Waals surface area contributed by atoms with Crippen molar-refractivity contribution < 1.29 is 23.8 Å². The van der Waals surface area contributed by atoms with Gasteiger partial charge in [0.25, 0.3) is 0 Å². The normalized spacial score (nSPS) is 20.0. The van der Waals surface area contributed by atoms with E-state index in [-0.39, 0.29) is 18.8 Å². The van der Waals surface area contributed by atoms with Gasteiger partial charge in [-0.1, -0.05) is 22.9 Å². The summed E-state index contributed by atoms with van der Waals surface area (Å²) in [5, 5.41) is 4.47. The second kappa shape index (κ2) is 6.93. The van der Waals surface area contributed by atoms with Crippen molar-refractivity contribution in [3.8, 4) is 23.0 Å². The summed E-state index contributed by atoms with van der Waals surface area (Å²) in [6.45, 7) is 8.48. The number of aryl methyl sites for hydroxylation is 3. The van der Waals surface area contributed by atoms with Gasteiger partial charge in [-0.3, -0.25) is 0 Å². The second-order valence-corrected chi connectivity index (χ2v) is 7.30. The van der Waals surface area contributed by atoms with Crippen molar-refractivity contribution in [3.05, 3.63) is 46.0 Å². The molecule has 0 amide bonds. The van der Waals surface area contributed by atoms with E-state index in [1.165, 1.54) is 16.7 Å². The minimum atomic E-state index is -0.158. The van der Waals surface area contributed by atoms with E-state index in [2.05, 4.69) is 38.1 Å². The van der Waals surface area contributed by atoms with Gasteiger partial charge in [0.2, 0.25) is 18.3 Å². The summed E-state index contributed by atoms with van der Waals surface area (Å²) in [4.78, 5) is 5.74. The Morgan fingerprint density at radius 3 is 2.29 bits per heavy atom. The van der Waals surface area contributed by atoms with Crippen LogP contribution in [0.1, 0.15) is 40.7 Å². The summed E-state index contributed by atoms with van der Waals surface area (Å²) in [6.07, 6.45) is -0.158. The molecule has 0 bridgehead atoms. The second-order valence-electron chi connectivity index (χ2n) is 7.30. The third-order valence-electron chi connectivity index (χ3n) is 5.36. The fourth-order valence-electron chi connectivity index (χ4n) is 4.31. The summed E-state index contributed by atoms with van der Waals surface area (Å²) in [5.74, 6) is 2.23. The third-order valence-corrected chi connectivity index (χ3v) is 5.36. The minimum absolute atomic E-state index is 0.126. The van der Waals surface area contributed by atoms with Crippen LogP contribution in [0.2, 0.25) is 0 Å². The van der Waals surface area contributed by atoms with Crippen molar-refractivity contribution in [3.63, 3.8) is 0 Å². The van der Waals surface area contributed by atoms with Crippen LogP contribution in [-0.2, 0) is 4.84 Å². The number of ether oxygens (including phenoxy) is 4. The number of fused-ring (bicyclic) bond motifs is 1. The predicted octanol–water partition coefficient (Wildman–Crippen LogP) is 4.26. The Bertz CT molecular complexity index is 943. The highest BCUT2D eigenvalue weighted by atomic mass is 16.7. The van der Waals surface area contributed by atoms with Crippen LogP contribution in [0.25, 0.3) is 0 Å². The number of rotatable bonds is 4. The lowest BCUT2D eigenvalue weighted by atomic mass is 9.82. The molecule has 0 aromatic heterocycles. The molecule has 2 heterocycles. The Hall–Kier alpha value is -2.89. The Kier molecular flexibility index (Phi) is 4.57. The number of hydrogen-bond donors (Lipinski definition) is 0. The monoisotopic (exact) mass is 383 g/mol. The van der Waals surface area contributed by atoms with Gasteiger partial charge in [-0.15, -0.1) is 0 Å². The molecule has 0 N–H and O–H groups in total. The van der Waals surface area contributed by atoms with Gasteiger partial charge in [0.05, 0.1) is 25.8 Å². The van der Waals surface area contributed by atoms with E-state index < -0.39 is 0 Å². The van der Waals surface area contributed by atoms with E-state index >= 15 is 0 Å². The van der Waals surface area contributed by atoms with Crippen molar-refractivity contribution in [2.75, 3.05) is 21.0 Å². The van der Waals surface area contributed by atoms with Crippen LogP contribution in [0.4, 0.5) is 0 Å². The molecule has 0 spiro atoms. The number of nitrogens with zero attached hydrogens (tertiary/aromatic N) is 1. The fraction of sp³-hybridized carbons (Fsp3) is 0.409. The summed E-state index contributed by atoms with van der Waals surface area (Å²) in [5.41, 5.74) is 6.48. The highest BCUT2D eigenvalue weighted by Crippen LogP contribution is 2.52. The van der Waals surface area contributed by atoms with Gasteiger partial charge in [0, 0.05) is 11.1 Å². The van der Waals surface area contributed by atoms with Crippen molar-refractivity contribution in [1.82, 2.24) is 0 Å². The van der Waals surface area contributed by atoms with Gasteiger partial charge >= 0.3 is 0 Å². The lowest BCUT2D eigenvalue weighted by Gasteiger charge is -2.22. The van der Waals surface area contributed by atoms with Crippen molar-refractivity contribution >= 4 is 5.71 Å². The van der Waals surface area contributed by atoms with Crippen molar-refractivity contribution in [2.45, 2.75) is 39.7 Å². The molecule has 0 aliphatic carbocycles. The predicted molar refractivity (Wildman–Crippen MR) is 106 cm³/mol. The maximum absolute atomic E-state index is 5.75. The highest BCUT2D eigenvalue weighted by molar-refractivity contribution is 6.08. The van der Waals surface area contributed by atoms with E-state index in [0.29, 0.717) is 23.0 Å². The van der Waals surface area contributed by atoms with E-state index in [1.54, 1.807) is 14.2 Å². The zero-order valence-electron chi connectivity index (χ0n) is 17.1. The Labute approximate surface area is 165 Å². The first-order valence-electron chi connectivity index (χ1n) is 9.32. The van der Waals surface area contributed by atoms with Crippen LogP contribution >= 0.6 is 0 Å². The quantitative estimate of drug-likeness (QED) is 0.789. The molecule has 0 fully saturated rings. The molecular formula is C22H25NO5. The Morgan fingerprint density at radius 2 is 1.64 bits per heavy atom. The van der Waals surface area contributed by atoms with E-state index in [0.717, 1.165) is 16.8 Å². The fourth-order valence-corrected chi connectivity index (χ4v) is 4.31. The number of oxime groups is 1. The molecule has 28 heavy (non-hydrogen) atoms. The summed E-state index contributed by atoms with van der Waals surface area (Å²) in [7, 11) is 3.23. The molecule has 0 radical (unpaired) electrons. The third kappa shape index (κ3) is 2.75. The molecule has 148 valence electrons. The zero-order valence-corrected chi connectivity index (χ0v) is 17.1. The van der Waals surface area contributed by atoms with E-state index in [9.17, 15) is 0 Å². The minimum Gasteiger partial charge on any atom is -0.492 e. The molecule has 6 nitrogen and oxygen atoms in total. The largest absolute Gasteiger partial charge is 0.492 e. The number of methoxy groups -OCH3 is 2. The lowest BCUT2D eigenvalue weighted by molar-refractivity contribution is 0.0899. The van der Waals surface area contributed by atoms with E-state index in [1.807, 2.05) is 13.0 Å². The van der Waals surface area contributed by atoms with Crippen molar-refractivity contribution in [1.29, 1.82) is 0 Å². The van der Waals surface area contributed by atoms with Crippen LogP contribution in [0.5, 0.6) is 23.0 Å². The maximum atomic E-state index is 5.75. The average molecular weight is 383 g/mol. The molecule has 0 saturated heterocycles. The Balaban J connectivity index is 1.90. The first-order chi connectivity index (χ1) is 13.5. The molecule has 6 heteroatoms. The lowest BCUT2D eigenvalue weighted by Crippen LogP contribution is -2.22. The van der Waals surface area contributed by atoms with Gasteiger partial charge in [0.15, 0.2) is 11.5 Å². The topological polar surface area (TPSA) is 58.5 Å². The van der Waals surface area contributed by atoms with Crippen LogP contribution in [0.3, 0.4) is 0 Å². The molecule has 2 aliphatic heterocycles. The van der Waals surface area contributed by atoms with Crippen molar-refractivity contribution in [2.24, 2.45) is 5.16 Å². The first-order valence-corrected chi connectivity index (χ1v) is 9.32. The molecule has 4 rings (SSSR count). The molecule has 0 saturated carbocycles. The molecule has 2 aliphatic rings.